The molecule has 2 aromatic carbocycles. The first-order valence-corrected chi connectivity index (χ1v) is 7.86. The maximum Gasteiger partial charge on any atom is 0.330 e. The highest BCUT2D eigenvalue weighted by atomic mass is 16.4. The van der Waals surface area contributed by atoms with Gasteiger partial charge in [-0.2, -0.15) is 0 Å². The molecular formula is C19H20N2O4. The number of nitrogens with two attached hydrogens (primary N) is 1. The number of hydrogen-bond donors (Lipinski definition) is 3. The van der Waals surface area contributed by atoms with Crippen LogP contribution in [-0.2, 0) is 20.8 Å². The van der Waals surface area contributed by atoms with Crippen LogP contribution in [0.1, 0.15) is 23.6 Å². The fraction of sp³-hybridized carbons (Fsp3) is 0.211. The Morgan fingerprint density at radius 1 is 0.960 bits per heavy atom. The zero-order valence-electron chi connectivity index (χ0n) is 13.6. The molecule has 2 rings (SSSR count). The third-order valence-corrected chi connectivity index (χ3v) is 3.73. The minimum Gasteiger partial charge on any atom is -0.479 e. The van der Waals surface area contributed by atoms with Gasteiger partial charge in [0.2, 0.25) is 5.91 Å². The Hall–Kier alpha value is -2.99. The highest BCUT2D eigenvalue weighted by molar-refractivity contribution is 6.01. The summed E-state index contributed by atoms with van der Waals surface area (Å²) < 4.78 is 0. The van der Waals surface area contributed by atoms with Crippen molar-refractivity contribution < 1.29 is 19.5 Å². The summed E-state index contributed by atoms with van der Waals surface area (Å²) in [6.07, 6.45) is -0.126. The molecule has 2 atom stereocenters. The lowest BCUT2D eigenvalue weighted by molar-refractivity contribution is -0.142. The second kappa shape index (κ2) is 8.75. The minimum absolute atomic E-state index is 0.327. The second-order valence-corrected chi connectivity index (χ2v) is 5.69. The molecule has 25 heavy (non-hydrogen) atoms. The average molecular weight is 340 g/mol. The predicted octanol–water partition coefficient (Wildman–Crippen LogP) is 1.46. The summed E-state index contributed by atoms with van der Waals surface area (Å²) >= 11 is 0. The van der Waals surface area contributed by atoms with E-state index in [0.717, 1.165) is 5.56 Å². The van der Waals surface area contributed by atoms with Crippen molar-refractivity contribution in [3.05, 3.63) is 71.8 Å². The topological polar surface area (TPSA) is 109 Å². The van der Waals surface area contributed by atoms with Crippen molar-refractivity contribution in [2.24, 2.45) is 5.73 Å². The quantitative estimate of drug-likeness (QED) is 0.630. The van der Waals surface area contributed by atoms with Gasteiger partial charge in [-0.05, 0) is 17.5 Å². The third-order valence-electron chi connectivity index (χ3n) is 3.73. The number of aliphatic carboxylic acids is 1. The van der Waals surface area contributed by atoms with E-state index in [9.17, 15) is 19.5 Å². The van der Waals surface area contributed by atoms with Crippen molar-refractivity contribution in [1.82, 2.24) is 5.32 Å². The molecule has 0 spiro atoms. The van der Waals surface area contributed by atoms with Crippen LogP contribution in [0.4, 0.5) is 0 Å². The number of Topliss-reactive ketones (excluding diaryl/α,β-unsaturated/α-hetero) is 1. The molecule has 130 valence electrons. The molecule has 4 N–H and O–H groups in total. The number of carbonyl (C=O) groups is 3. The Bertz CT molecular complexity index is 732. The van der Waals surface area contributed by atoms with E-state index in [1.807, 2.05) is 30.3 Å². The van der Waals surface area contributed by atoms with Crippen molar-refractivity contribution in [3.8, 4) is 0 Å². The summed E-state index contributed by atoms with van der Waals surface area (Å²) in [6, 6.07) is 15.5. The standard InChI is InChI=1S/C19H20N2O4/c20-15(11-13-7-3-1-4-8-13)16(22)12-17(23)21-18(19(24)25)14-9-5-2-6-10-14/h1-10,15,18H,11-12,20H2,(H,21,23)(H,24,25)/t15-,18+/m1/s1. The monoisotopic (exact) mass is 340 g/mol. The Morgan fingerprint density at radius 2 is 1.52 bits per heavy atom. The fourth-order valence-electron chi connectivity index (χ4n) is 2.42. The fourth-order valence-corrected chi connectivity index (χ4v) is 2.42. The Morgan fingerprint density at radius 3 is 2.08 bits per heavy atom. The summed E-state index contributed by atoms with van der Waals surface area (Å²) in [5.41, 5.74) is 7.19. The van der Waals surface area contributed by atoms with E-state index in [1.54, 1.807) is 30.3 Å². The number of benzene rings is 2. The first-order valence-electron chi connectivity index (χ1n) is 7.86. The lowest BCUT2D eigenvalue weighted by atomic mass is 10.0. The third kappa shape index (κ3) is 5.54. The SMILES string of the molecule is N[C@H](Cc1ccccc1)C(=O)CC(=O)N[C@H](C(=O)O)c1ccccc1. The van der Waals surface area contributed by atoms with Gasteiger partial charge in [-0.15, -0.1) is 0 Å². The van der Waals surface area contributed by atoms with Crippen molar-refractivity contribution in [2.45, 2.75) is 24.9 Å². The second-order valence-electron chi connectivity index (χ2n) is 5.69. The number of carbonyl (C=O) groups excluding carboxylic acids is 2. The van der Waals surface area contributed by atoms with Crippen LogP contribution in [0, 0.1) is 0 Å². The summed E-state index contributed by atoms with van der Waals surface area (Å²) in [4.78, 5) is 35.5. The largest absolute Gasteiger partial charge is 0.479 e. The van der Waals surface area contributed by atoms with E-state index >= 15 is 0 Å². The lowest BCUT2D eigenvalue weighted by Gasteiger charge is -2.16. The highest BCUT2D eigenvalue weighted by Gasteiger charge is 2.24. The zero-order chi connectivity index (χ0) is 18.2. The number of ketones is 1. The molecule has 2 aromatic rings. The van der Waals surface area contributed by atoms with Gasteiger partial charge < -0.3 is 16.2 Å². The number of rotatable bonds is 8. The van der Waals surface area contributed by atoms with Crippen molar-refractivity contribution in [2.75, 3.05) is 0 Å². The Kier molecular flexibility index (Phi) is 6.42. The summed E-state index contributed by atoms with van der Waals surface area (Å²) in [7, 11) is 0. The number of carboxylic acids is 1. The van der Waals surface area contributed by atoms with E-state index in [-0.39, 0.29) is 0 Å². The van der Waals surface area contributed by atoms with Crippen LogP contribution in [0.5, 0.6) is 0 Å². The molecule has 0 aliphatic heterocycles. The first-order chi connectivity index (χ1) is 12.0. The van der Waals surface area contributed by atoms with Gasteiger partial charge in [0, 0.05) is 0 Å². The normalized spacial score (nSPS) is 12.8. The van der Waals surface area contributed by atoms with Crippen LogP contribution in [-0.4, -0.2) is 28.8 Å². The van der Waals surface area contributed by atoms with Crippen LogP contribution < -0.4 is 11.1 Å². The van der Waals surface area contributed by atoms with Gasteiger partial charge in [0.25, 0.3) is 0 Å². The molecule has 0 radical (unpaired) electrons. The van der Waals surface area contributed by atoms with Crippen LogP contribution >= 0.6 is 0 Å². The molecule has 0 aliphatic rings. The highest BCUT2D eigenvalue weighted by Crippen LogP contribution is 2.13. The van der Waals surface area contributed by atoms with Crippen LogP contribution in [0.25, 0.3) is 0 Å². The van der Waals surface area contributed by atoms with E-state index in [2.05, 4.69) is 5.32 Å². The molecular weight excluding hydrogens is 320 g/mol. The number of amides is 1. The minimum atomic E-state index is -1.20. The van der Waals surface area contributed by atoms with Crippen LogP contribution in [0.3, 0.4) is 0 Å². The molecule has 0 saturated heterocycles. The summed E-state index contributed by atoms with van der Waals surface area (Å²) in [6.45, 7) is 0. The number of hydrogen-bond acceptors (Lipinski definition) is 4. The van der Waals surface area contributed by atoms with E-state index < -0.39 is 36.2 Å². The van der Waals surface area contributed by atoms with Gasteiger partial charge in [-0.1, -0.05) is 60.7 Å². The maximum atomic E-state index is 12.1. The van der Waals surface area contributed by atoms with Crippen molar-refractivity contribution in [3.63, 3.8) is 0 Å². The average Bonchev–Trinajstić information content (AvgIpc) is 2.61. The lowest BCUT2D eigenvalue weighted by Crippen LogP contribution is -2.39. The van der Waals surface area contributed by atoms with E-state index in [0.29, 0.717) is 12.0 Å². The molecule has 0 bridgehead atoms. The van der Waals surface area contributed by atoms with Gasteiger partial charge in [0.1, 0.15) is 0 Å². The molecule has 0 saturated carbocycles. The van der Waals surface area contributed by atoms with Gasteiger partial charge in [-0.3, -0.25) is 9.59 Å². The van der Waals surface area contributed by atoms with Gasteiger partial charge in [0.15, 0.2) is 11.8 Å². The molecule has 1 amide bonds. The summed E-state index contributed by atoms with van der Waals surface area (Å²) in [5.74, 6) is -2.29. The van der Waals surface area contributed by atoms with Crippen LogP contribution in [0.2, 0.25) is 0 Å². The van der Waals surface area contributed by atoms with Crippen molar-refractivity contribution >= 4 is 17.7 Å². The molecule has 6 nitrogen and oxygen atoms in total. The Labute approximate surface area is 145 Å². The zero-order valence-corrected chi connectivity index (χ0v) is 13.6. The molecule has 0 heterocycles. The first kappa shape index (κ1) is 18.4. The molecule has 0 unspecified atom stereocenters. The van der Waals surface area contributed by atoms with Gasteiger partial charge in [-0.25, -0.2) is 4.79 Å². The Balaban J connectivity index is 1.93. The summed E-state index contributed by atoms with van der Waals surface area (Å²) in [5, 5.41) is 11.7. The van der Waals surface area contributed by atoms with Crippen molar-refractivity contribution in [1.29, 1.82) is 0 Å². The van der Waals surface area contributed by atoms with Crippen LogP contribution in [0.15, 0.2) is 60.7 Å². The molecule has 0 fully saturated rings. The number of nitrogens with one attached hydrogen (secondary N) is 1. The maximum absolute atomic E-state index is 12.1. The predicted molar refractivity (Wildman–Crippen MR) is 92.7 cm³/mol. The van der Waals surface area contributed by atoms with Gasteiger partial charge >= 0.3 is 5.97 Å². The van der Waals surface area contributed by atoms with Gasteiger partial charge in [0.05, 0.1) is 12.5 Å². The van der Waals surface area contributed by atoms with E-state index in [4.69, 9.17) is 5.73 Å². The molecule has 6 heteroatoms. The smallest absolute Gasteiger partial charge is 0.330 e. The number of carboxylic acid groups (broad SMARTS) is 1. The molecule has 0 aliphatic carbocycles. The van der Waals surface area contributed by atoms with E-state index in [1.165, 1.54) is 0 Å². The molecule has 0 aromatic heterocycles.